The number of hydrogen-bond donors (Lipinski definition) is 0. The summed E-state index contributed by atoms with van der Waals surface area (Å²) in [5.74, 6) is 0. The van der Waals surface area contributed by atoms with E-state index < -0.39 is 0 Å². The predicted molar refractivity (Wildman–Crippen MR) is 83.4 cm³/mol. The molecule has 0 atom stereocenters. The number of fused-ring (bicyclic) bond motifs is 1. The Balaban J connectivity index is 1.65. The predicted octanol–water partition coefficient (Wildman–Crippen LogP) is 3.61. The average Bonchev–Trinajstić information content (AvgIpc) is 2.83. The highest BCUT2D eigenvalue weighted by atomic mass is 35.5. The van der Waals surface area contributed by atoms with Crippen LogP contribution in [0.4, 0.5) is 0 Å². The number of hydrogen-bond acceptors (Lipinski definition) is 3. The van der Waals surface area contributed by atoms with E-state index in [4.69, 9.17) is 16.3 Å². The van der Waals surface area contributed by atoms with Crippen molar-refractivity contribution in [2.45, 2.75) is 20.1 Å². The molecule has 0 aliphatic heterocycles. The van der Waals surface area contributed by atoms with Crippen LogP contribution in [0.2, 0.25) is 5.02 Å². The van der Waals surface area contributed by atoms with E-state index in [0.717, 1.165) is 16.7 Å². The van der Waals surface area contributed by atoms with E-state index >= 15 is 0 Å². The normalized spacial score (nSPS) is 11.1. The number of ether oxygens (including phenoxy) is 1. The Bertz CT molecular complexity index is 740. The summed E-state index contributed by atoms with van der Waals surface area (Å²) in [6.45, 7) is 3.79. The van der Waals surface area contributed by atoms with E-state index in [1.54, 1.807) is 12.3 Å². The molecule has 0 aliphatic rings. The summed E-state index contributed by atoms with van der Waals surface area (Å²) in [4.78, 5) is 4.36. The minimum absolute atomic E-state index is 0.583. The first kappa shape index (κ1) is 14.0. The third kappa shape index (κ3) is 3.06. The molecule has 0 radical (unpaired) electrons. The van der Waals surface area contributed by atoms with Gasteiger partial charge in [-0.2, -0.15) is 5.10 Å². The van der Waals surface area contributed by atoms with Crippen molar-refractivity contribution in [3.05, 3.63) is 58.9 Å². The quantitative estimate of drug-likeness (QED) is 0.676. The van der Waals surface area contributed by atoms with E-state index in [-0.39, 0.29) is 0 Å². The van der Waals surface area contributed by atoms with Crippen LogP contribution >= 0.6 is 11.6 Å². The maximum Gasteiger partial charge on any atom is 0.159 e. The summed E-state index contributed by atoms with van der Waals surface area (Å²) in [7, 11) is 0. The summed E-state index contributed by atoms with van der Waals surface area (Å²) in [5.41, 5.74) is 2.87. The van der Waals surface area contributed by atoms with Crippen LogP contribution in [0.15, 0.2) is 42.6 Å². The summed E-state index contributed by atoms with van der Waals surface area (Å²) in [6.07, 6.45) is 1.70. The van der Waals surface area contributed by atoms with Gasteiger partial charge in [0.15, 0.2) is 5.65 Å². The highest BCUT2D eigenvalue weighted by Crippen LogP contribution is 2.24. The van der Waals surface area contributed by atoms with Gasteiger partial charge in [0.05, 0.1) is 35.9 Å². The molecule has 3 aromatic rings. The molecule has 0 N–H and O–H groups in total. The molecule has 0 aliphatic carbocycles. The van der Waals surface area contributed by atoms with Gasteiger partial charge in [-0.1, -0.05) is 41.9 Å². The maximum atomic E-state index is 6.19. The number of rotatable bonds is 5. The van der Waals surface area contributed by atoms with Crippen LogP contribution in [-0.4, -0.2) is 21.4 Å². The molecule has 0 bridgehead atoms. The average molecular weight is 302 g/mol. The van der Waals surface area contributed by atoms with E-state index in [2.05, 4.69) is 22.2 Å². The van der Waals surface area contributed by atoms with E-state index in [1.807, 2.05) is 29.8 Å². The Hall–Kier alpha value is -1.91. The lowest BCUT2D eigenvalue weighted by Gasteiger charge is -2.05. The van der Waals surface area contributed by atoms with Gasteiger partial charge in [0.25, 0.3) is 0 Å². The van der Waals surface area contributed by atoms with Gasteiger partial charge < -0.3 is 4.74 Å². The van der Waals surface area contributed by atoms with Gasteiger partial charge >= 0.3 is 0 Å². The molecule has 0 unspecified atom stereocenters. The Labute approximate surface area is 128 Å². The lowest BCUT2D eigenvalue weighted by Crippen LogP contribution is -2.08. The fourth-order valence-corrected chi connectivity index (χ4v) is 2.59. The standard InChI is InChI=1S/C16H16ClN3O/c1-12-15-14(17)7-8-18-16(15)20(19-12)9-10-21-11-13-5-3-2-4-6-13/h2-8H,9-11H2,1H3. The van der Waals surface area contributed by atoms with E-state index in [9.17, 15) is 0 Å². The largest absolute Gasteiger partial charge is 0.375 e. The van der Waals surface area contributed by atoms with Crippen LogP contribution in [0.25, 0.3) is 11.0 Å². The zero-order chi connectivity index (χ0) is 14.7. The minimum atomic E-state index is 0.583. The molecule has 0 amide bonds. The molecule has 108 valence electrons. The molecule has 0 saturated carbocycles. The highest BCUT2D eigenvalue weighted by Gasteiger charge is 2.11. The molecular weight excluding hydrogens is 286 g/mol. The second-order valence-electron chi connectivity index (χ2n) is 4.84. The fourth-order valence-electron chi connectivity index (χ4n) is 2.31. The Morgan fingerprint density at radius 3 is 2.81 bits per heavy atom. The Kier molecular flexibility index (Phi) is 4.18. The van der Waals surface area contributed by atoms with Crippen molar-refractivity contribution in [1.29, 1.82) is 0 Å². The number of halogens is 1. The van der Waals surface area contributed by atoms with E-state index in [0.29, 0.717) is 24.8 Å². The van der Waals surface area contributed by atoms with Crippen molar-refractivity contribution in [3.63, 3.8) is 0 Å². The summed E-state index contributed by atoms with van der Waals surface area (Å²) in [5, 5.41) is 6.09. The molecule has 0 spiro atoms. The second-order valence-corrected chi connectivity index (χ2v) is 5.25. The summed E-state index contributed by atoms with van der Waals surface area (Å²) >= 11 is 6.19. The third-order valence-electron chi connectivity index (χ3n) is 3.32. The van der Waals surface area contributed by atoms with Crippen molar-refractivity contribution in [3.8, 4) is 0 Å². The molecular formula is C16H16ClN3O. The number of aromatic nitrogens is 3. The van der Waals surface area contributed by atoms with Crippen LogP contribution in [0, 0.1) is 6.92 Å². The molecule has 3 rings (SSSR count). The lowest BCUT2D eigenvalue weighted by molar-refractivity contribution is 0.111. The first-order valence-electron chi connectivity index (χ1n) is 6.85. The smallest absolute Gasteiger partial charge is 0.159 e. The topological polar surface area (TPSA) is 39.9 Å². The molecule has 5 heteroatoms. The third-order valence-corrected chi connectivity index (χ3v) is 3.63. The van der Waals surface area contributed by atoms with Crippen molar-refractivity contribution in [1.82, 2.24) is 14.8 Å². The second kappa shape index (κ2) is 6.24. The van der Waals surface area contributed by atoms with Gasteiger partial charge in [-0.15, -0.1) is 0 Å². The first-order chi connectivity index (χ1) is 10.3. The van der Waals surface area contributed by atoms with Crippen LogP contribution in [0.3, 0.4) is 0 Å². The monoisotopic (exact) mass is 301 g/mol. The SMILES string of the molecule is Cc1nn(CCOCc2ccccc2)c2nccc(Cl)c12. The number of pyridine rings is 1. The van der Waals surface area contributed by atoms with Gasteiger partial charge in [0, 0.05) is 6.20 Å². The van der Waals surface area contributed by atoms with Crippen molar-refractivity contribution in [2.24, 2.45) is 0 Å². The highest BCUT2D eigenvalue weighted by molar-refractivity contribution is 6.35. The molecule has 21 heavy (non-hydrogen) atoms. The summed E-state index contributed by atoms with van der Waals surface area (Å²) < 4.78 is 7.54. The Morgan fingerprint density at radius 2 is 2.00 bits per heavy atom. The lowest BCUT2D eigenvalue weighted by atomic mass is 10.2. The number of nitrogens with zero attached hydrogens (tertiary/aromatic N) is 3. The van der Waals surface area contributed by atoms with Gasteiger partial charge in [-0.25, -0.2) is 9.67 Å². The molecule has 2 aromatic heterocycles. The molecule has 4 nitrogen and oxygen atoms in total. The van der Waals surface area contributed by atoms with Crippen LogP contribution in [0.1, 0.15) is 11.3 Å². The number of benzene rings is 1. The first-order valence-corrected chi connectivity index (χ1v) is 7.23. The Morgan fingerprint density at radius 1 is 1.19 bits per heavy atom. The van der Waals surface area contributed by atoms with E-state index in [1.165, 1.54) is 5.56 Å². The molecule has 0 saturated heterocycles. The van der Waals surface area contributed by atoms with Gasteiger partial charge in [0.1, 0.15) is 0 Å². The number of aryl methyl sites for hydroxylation is 1. The fraction of sp³-hybridized carbons (Fsp3) is 0.250. The van der Waals surface area contributed by atoms with Crippen LogP contribution in [0.5, 0.6) is 0 Å². The maximum absolute atomic E-state index is 6.19. The van der Waals surface area contributed by atoms with Crippen LogP contribution < -0.4 is 0 Å². The van der Waals surface area contributed by atoms with Crippen LogP contribution in [-0.2, 0) is 17.9 Å². The molecule has 0 fully saturated rings. The minimum Gasteiger partial charge on any atom is -0.375 e. The summed E-state index contributed by atoms with van der Waals surface area (Å²) in [6, 6.07) is 11.9. The van der Waals surface area contributed by atoms with Crippen molar-refractivity contribution < 1.29 is 4.74 Å². The van der Waals surface area contributed by atoms with Gasteiger partial charge in [-0.05, 0) is 18.6 Å². The van der Waals surface area contributed by atoms with Gasteiger partial charge in [-0.3, -0.25) is 0 Å². The zero-order valence-electron chi connectivity index (χ0n) is 11.8. The van der Waals surface area contributed by atoms with Crippen molar-refractivity contribution >= 4 is 22.6 Å². The van der Waals surface area contributed by atoms with Crippen molar-refractivity contribution in [2.75, 3.05) is 6.61 Å². The molecule has 1 aromatic carbocycles. The zero-order valence-corrected chi connectivity index (χ0v) is 12.5. The van der Waals surface area contributed by atoms with Gasteiger partial charge in [0.2, 0.25) is 0 Å². The molecule has 2 heterocycles.